The van der Waals surface area contributed by atoms with Gasteiger partial charge in [-0.3, -0.25) is 10.1 Å². The third kappa shape index (κ3) is 1.06. The molecule has 2 unspecified atom stereocenters. The molecule has 0 radical (unpaired) electrons. The second-order valence-electron chi connectivity index (χ2n) is 3.66. The quantitative estimate of drug-likeness (QED) is 0.478. The maximum Gasteiger partial charge on any atom is 0.322 e. The van der Waals surface area contributed by atoms with Gasteiger partial charge in [0.25, 0.3) is 5.91 Å². The number of amides is 3. The van der Waals surface area contributed by atoms with Gasteiger partial charge in [-0.25, -0.2) is 4.79 Å². The van der Waals surface area contributed by atoms with E-state index in [4.69, 9.17) is 16.3 Å². The highest BCUT2D eigenvalue weighted by Gasteiger charge is 2.51. The minimum atomic E-state index is -1.16. The fraction of sp³-hybridized carbons (Fsp3) is 0.200. The molecule has 0 bridgehead atoms. The van der Waals surface area contributed by atoms with Crippen LogP contribution in [0.1, 0.15) is 0 Å². The summed E-state index contributed by atoms with van der Waals surface area (Å²) in [6, 6.07) is -0.519. The molecule has 1 aliphatic carbocycles. The summed E-state index contributed by atoms with van der Waals surface area (Å²) in [4.78, 5) is 23.0. The van der Waals surface area contributed by atoms with Crippen LogP contribution in [0.5, 0.6) is 0 Å². The van der Waals surface area contributed by atoms with Crippen LogP contribution in [0, 0.1) is 0 Å². The first-order valence-corrected chi connectivity index (χ1v) is 5.12. The minimum absolute atomic E-state index is 0.417. The first-order valence-electron chi connectivity index (χ1n) is 4.68. The predicted molar refractivity (Wildman–Crippen MR) is 55.4 cm³/mol. The van der Waals surface area contributed by atoms with E-state index in [2.05, 4.69) is 10.6 Å². The Balaban J connectivity index is 2.13. The van der Waals surface area contributed by atoms with Crippen LogP contribution in [-0.2, 0) is 9.53 Å². The summed E-state index contributed by atoms with van der Waals surface area (Å²) in [6.07, 6.45) is 6.59. The van der Waals surface area contributed by atoms with Crippen molar-refractivity contribution in [3.8, 4) is 0 Å². The number of carbonyl (C=O) groups is 2. The number of imide groups is 1. The highest BCUT2D eigenvalue weighted by atomic mass is 35.5. The van der Waals surface area contributed by atoms with Gasteiger partial charge in [-0.2, -0.15) is 0 Å². The second-order valence-corrected chi connectivity index (χ2v) is 4.09. The number of hydrogen-bond acceptors (Lipinski definition) is 3. The maximum absolute atomic E-state index is 11.8. The summed E-state index contributed by atoms with van der Waals surface area (Å²) < 4.78 is 5.29. The standard InChI is InChI=1S/C10H7ClN2O3/c11-7-4-5-6(16-7)2-1-3-10(5)8(14)12-9(15)13-10/h1-4,7H,(H2,12,13,14,15). The molecule has 16 heavy (non-hydrogen) atoms. The monoisotopic (exact) mass is 238 g/mol. The van der Waals surface area contributed by atoms with Crippen LogP contribution in [0.2, 0.25) is 0 Å². The van der Waals surface area contributed by atoms with Crippen molar-refractivity contribution in [1.82, 2.24) is 10.6 Å². The smallest absolute Gasteiger partial charge is 0.322 e. The number of rotatable bonds is 0. The SMILES string of the molecule is O=C1NC(=O)C2(C=CC=C3OC(Cl)C=C32)N1. The summed E-state index contributed by atoms with van der Waals surface area (Å²) in [5.74, 6) is 0.0971. The van der Waals surface area contributed by atoms with Crippen molar-refractivity contribution in [2.24, 2.45) is 0 Å². The molecular formula is C10H7ClN2O3. The summed E-state index contributed by atoms with van der Waals surface area (Å²) in [5, 5.41) is 4.77. The average Bonchev–Trinajstić information content (AvgIpc) is 2.70. The first kappa shape index (κ1) is 9.47. The van der Waals surface area contributed by atoms with E-state index >= 15 is 0 Å². The Hall–Kier alpha value is -1.75. The van der Waals surface area contributed by atoms with Crippen molar-refractivity contribution in [3.63, 3.8) is 0 Å². The van der Waals surface area contributed by atoms with Crippen LogP contribution in [-0.4, -0.2) is 23.0 Å². The van der Waals surface area contributed by atoms with E-state index in [0.29, 0.717) is 11.3 Å². The van der Waals surface area contributed by atoms with E-state index in [0.717, 1.165) is 0 Å². The van der Waals surface area contributed by atoms with E-state index in [-0.39, 0.29) is 0 Å². The molecule has 2 atom stereocenters. The van der Waals surface area contributed by atoms with Crippen molar-refractivity contribution < 1.29 is 14.3 Å². The molecule has 3 amide bonds. The minimum Gasteiger partial charge on any atom is -0.470 e. The van der Waals surface area contributed by atoms with E-state index in [1.54, 1.807) is 24.3 Å². The number of allylic oxidation sites excluding steroid dienone is 2. The fourth-order valence-corrected chi connectivity index (χ4v) is 2.25. The van der Waals surface area contributed by atoms with Crippen LogP contribution in [0.4, 0.5) is 4.79 Å². The number of fused-ring (bicyclic) bond motifs is 2. The molecule has 6 heteroatoms. The number of ether oxygens (including phenoxy) is 1. The van der Waals surface area contributed by atoms with Crippen LogP contribution >= 0.6 is 11.6 Å². The topological polar surface area (TPSA) is 67.4 Å². The van der Waals surface area contributed by atoms with E-state index in [9.17, 15) is 9.59 Å². The zero-order valence-electron chi connectivity index (χ0n) is 7.99. The van der Waals surface area contributed by atoms with Gasteiger partial charge < -0.3 is 10.1 Å². The van der Waals surface area contributed by atoms with Gasteiger partial charge in [0, 0.05) is 5.57 Å². The van der Waals surface area contributed by atoms with Crippen molar-refractivity contribution in [2.75, 3.05) is 0 Å². The lowest BCUT2D eigenvalue weighted by Gasteiger charge is -2.25. The van der Waals surface area contributed by atoms with Crippen molar-refractivity contribution >= 4 is 23.5 Å². The molecule has 0 aromatic carbocycles. The van der Waals surface area contributed by atoms with Crippen LogP contribution < -0.4 is 10.6 Å². The zero-order chi connectivity index (χ0) is 11.3. The second kappa shape index (κ2) is 2.89. The number of alkyl halides is 1. The zero-order valence-corrected chi connectivity index (χ0v) is 8.75. The number of urea groups is 1. The van der Waals surface area contributed by atoms with Gasteiger partial charge in [-0.15, -0.1) is 0 Å². The first-order chi connectivity index (χ1) is 7.62. The summed E-state index contributed by atoms with van der Waals surface area (Å²) in [7, 11) is 0. The Bertz CT molecular complexity index is 494. The summed E-state index contributed by atoms with van der Waals surface area (Å²) in [5.41, 5.74) is -1.19. The van der Waals surface area contributed by atoms with Gasteiger partial charge in [0.15, 0.2) is 11.1 Å². The predicted octanol–water partition coefficient (Wildman–Crippen LogP) is 0.540. The molecule has 2 heterocycles. The molecule has 3 aliphatic rings. The normalized spacial score (nSPS) is 35.2. The van der Waals surface area contributed by atoms with Gasteiger partial charge in [0.05, 0.1) is 0 Å². The van der Waals surface area contributed by atoms with Gasteiger partial charge in [0.2, 0.25) is 0 Å². The molecule has 2 aliphatic heterocycles. The molecule has 2 N–H and O–H groups in total. The van der Waals surface area contributed by atoms with Crippen LogP contribution in [0.15, 0.2) is 35.6 Å². The maximum atomic E-state index is 11.8. The van der Waals surface area contributed by atoms with Gasteiger partial charge in [0.1, 0.15) is 5.76 Å². The van der Waals surface area contributed by atoms with Crippen LogP contribution in [0.25, 0.3) is 0 Å². The van der Waals surface area contributed by atoms with Crippen molar-refractivity contribution in [3.05, 3.63) is 35.6 Å². The number of hydrogen-bond donors (Lipinski definition) is 2. The fourth-order valence-electron chi connectivity index (χ4n) is 2.03. The highest BCUT2D eigenvalue weighted by Crippen LogP contribution is 2.38. The molecule has 0 aromatic heterocycles. The lowest BCUT2D eigenvalue weighted by molar-refractivity contribution is -0.121. The lowest BCUT2D eigenvalue weighted by atomic mass is 9.85. The Morgan fingerprint density at radius 2 is 2.25 bits per heavy atom. The summed E-state index contributed by atoms with van der Waals surface area (Å²) in [6.45, 7) is 0. The molecule has 1 spiro atoms. The number of nitrogens with one attached hydrogen (secondary N) is 2. The number of carbonyl (C=O) groups excluding carboxylic acids is 2. The summed E-state index contributed by atoms with van der Waals surface area (Å²) >= 11 is 5.82. The van der Waals surface area contributed by atoms with Gasteiger partial charge in [-0.05, 0) is 18.2 Å². The molecular weight excluding hydrogens is 232 g/mol. The Morgan fingerprint density at radius 1 is 1.44 bits per heavy atom. The lowest BCUT2D eigenvalue weighted by Crippen LogP contribution is -2.47. The molecule has 1 saturated heterocycles. The van der Waals surface area contributed by atoms with Gasteiger partial charge >= 0.3 is 6.03 Å². The largest absolute Gasteiger partial charge is 0.470 e. The van der Waals surface area contributed by atoms with E-state index < -0.39 is 23.0 Å². The number of halogens is 1. The molecule has 0 aromatic rings. The average molecular weight is 239 g/mol. The molecule has 82 valence electrons. The molecule has 3 rings (SSSR count). The van der Waals surface area contributed by atoms with Gasteiger partial charge in [-0.1, -0.05) is 17.7 Å². The third-order valence-electron chi connectivity index (χ3n) is 2.72. The molecule has 5 nitrogen and oxygen atoms in total. The highest BCUT2D eigenvalue weighted by molar-refractivity contribution is 6.21. The third-order valence-corrected chi connectivity index (χ3v) is 2.93. The van der Waals surface area contributed by atoms with Crippen molar-refractivity contribution in [2.45, 2.75) is 11.1 Å². The van der Waals surface area contributed by atoms with Crippen LogP contribution in [0.3, 0.4) is 0 Å². The molecule has 1 fully saturated rings. The molecule has 0 saturated carbocycles. The Morgan fingerprint density at radius 3 is 2.94 bits per heavy atom. The van der Waals surface area contributed by atoms with E-state index in [1.165, 1.54) is 0 Å². The Labute approximate surface area is 95.8 Å². The van der Waals surface area contributed by atoms with Crippen molar-refractivity contribution in [1.29, 1.82) is 0 Å². The van der Waals surface area contributed by atoms with E-state index in [1.807, 2.05) is 0 Å². The Kier molecular flexibility index (Phi) is 1.71.